The van der Waals surface area contributed by atoms with Crippen LogP contribution in [0.2, 0.25) is 0 Å². The first-order valence-corrected chi connectivity index (χ1v) is 23.2. The highest BCUT2D eigenvalue weighted by atomic mass is 35.6. The van der Waals surface area contributed by atoms with Crippen molar-refractivity contribution in [3.05, 3.63) is 34.9 Å². The number of amides is 1. The van der Waals surface area contributed by atoms with E-state index in [-0.39, 0.29) is 31.1 Å². The van der Waals surface area contributed by atoms with Gasteiger partial charge in [-0.1, -0.05) is 69.4 Å². The molecule has 4 aliphatic rings. The molecule has 1 aliphatic heterocycles. The van der Waals surface area contributed by atoms with Crippen molar-refractivity contribution in [3.63, 3.8) is 0 Å². The fraction of sp³-hybridized carbons (Fsp3) is 0.723. The zero-order valence-corrected chi connectivity index (χ0v) is 42.2. The number of hydrogen-bond donors (Lipinski definition) is 1. The molecule has 0 spiro atoms. The van der Waals surface area contributed by atoms with E-state index in [9.17, 15) is 19.2 Å². The van der Waals surface area contributed by atoms with Crippen molar-refractivity contribution in [1.29, 1.82) is 0 Å². The standard InChI is InChI=1S/C47H66Cl3NO14/c1-23(2)15-18-31(62-39(51-42(56)65-43(6,7)8)28-17-16-27(57-12)19-32(28)58-13)40(54)64-36-24(3)35-37(61-26(5)52)38(53)45(11)30(21-46(59-14,25(36)4)44(35,9)10)29-22-60-33(29)20-34(45)63-41(55)47(48,49)50/h16-17,19,23,25,29-31,33-34,36-37,39H,15,18,20-22H2,1-14H3,(H,51,56)/t25-,29-,30?,31+,33+,34-,36+,37+,39?,45-,46?/m0/s1. The van der Waals surface area contributed by atoms with E-state index in [2.05, 4.69) is 5.32 Å². The number of ketones is 1. The van der Waals surface area contributed by atoms with E-state index in [1.54, 1.807) is 59.9 Å². The number of fused-ring (bicyclic) bond motifs is 5. The third-order valence-electron chi connectivity index (χ3n) is 14.0. The molecule has 0 aromatic heterocycles. The highest BCUT2D eigenvalue weighted by Gasteiger charge is 2.71. The smallest absolute Gasteiger partial charge is 0.409 e. The molecule has 3 unspecified atom stereocenters. The number of Topliss-reactive ketones (excluding diaryl/α,β-unsaturated/α-hetero) is 1. The third-order valence-corrected chi connectivity index (χ3v) is 14.5. The predicted octanol–water partition coefficient (Wildman–Crippen LogP) is 8.57. The van der Waals surface area contributed by atoms with Crippen LogP contribution in [0.4, 0.5) is 4.79 Å². The van der Waals surface area contributed by atoms with E-state index < -0.39 is 104 Å². The van der Waals surface area contributed by atoms with Crippen LogP contribution < -0.4 is 14.8 Å². The molecule has 1 saturated heterocycles. The van der Waals surface area contributed by atoms with Crippen LogP contribution in [0.3, 0.4) is 0 Å². The molecule has 1 amide bonds. The van der Waals surface area contributed by atoms with Crippen molar-refractivity contribution in [3.8, 4) is 11.5 Å². The van der Waals surface area contributed by atoms with Gasteiger partial charge in [0.15, 0.2) is 24.2 Å². The van der Waals surface area contributed by atoms with Gasteiger partial charge in [-0.25, -0.2) is 14.4 Å². The van der Waals surface area contributed by atoms with Gasteiger partial charge in [-0.05, 0) is 89.0 Å². The van der Waals surface area contributed by atoms with E-state index in [4.69, 9.17) is 77.4 Å². The Morgan fingerprint density at radius 3 is 2.15 bits per heavy atom. The first-order chi connectivity index (χ1) is 30.1. The fourth-order valence-electron chi connectivity index (χ4n) is 10.7. The summed E-state index contributed by atoms with van der Waals surface area (Å²) in [5.74, 6) is -3.66. The Morgan fingerprint density at radius 2 is 1.63 bits per heavy atom. The number of esters is 3. The van der Waals surface area contributed by atoms with Gasteiger partial charge in [-0.2, -0.15) is 0 Å². The van der Waals surface area contributed by atoms with E-state index in [0.29, 0.717) is 41.2 Å². The van der Waals surface area contributed by atoms with Gasteiger partial charge in [0, 0.05) is 49.3 Å². The van der Waals surface area contributed by atoms with Gasteiger partial charge >= 0.3 is 24.0 Å². The van der Waals surface area contributed by atoms with Crippen molar-refractivity contribution >= 4 is 64.6 Å². The summed E-state index contributed by atoms with van der Waals surface area (Å²) in [6.07, 6.45) is -6.43. The van der Waals surface area contributed by atoms with Crippen LogP contribution in [0.25, 0.3) is 0 Å². The molecule has 5 rings (SSSR count). The Morgan fingerprint density at radius 1 is 0.969 bits per heavy atom. The zero-order valence-electron chi connectivity index (χ0n) is 39.9. The quantitative estimate of drug-likeness (QED) is 0.0616. The first-order valence-electron chi connectivity index (χ1n) is 22.0. The van der Waals surface area contributed by atoms with Crippen molar-refractivity contribution in [2.75, 3.05) is 27.9 Å². The van der Waals surface area contributed by atoms with Gasteiger partial charge in [0.05, 0.1) is 37.9 Å². The number of ether oxygens (including phenoxy) is 9. The second kappa shape index (κ2) is 19.7. The van der Waals surface area contributed by atoms with Crippen LogP contribution in [0.1, 0.15) is 114 Å². The minimum Gasteiger partial charge on any atom is -0.497 e. The van der Waals surface area contributed by atoms with Crippen molar-refractivity contribution in [2.24, 2.45) is 34.5 Å². The number of benzene rings is 1. The Hall–Kier alpha value is -3.34. The van der Waals surface area contributed by atoms with Crippen LogP contribution in [0.5, 0.6) is 11.5 Å². The summed E-state index contributed by atoms with van der Waals surface area (Å²) >= 11 is 18.0. The molecule has 364 valence electrons. The van der Waals surface area contributed by atoms with Gasteiger partial charge in [0.2, 0.25) is 0 Å². The predicted molar refractivity (Wildman–Crippen MR) is 241 cm³/mol. The summed E-state index contributed by atoms with van der Waals surface area (Å²) in [6.45, 7) is 19.9. The largest absolute Gasteiger partial charge is 0.497 e. The average Bonchev–Trinajstić information content (AvgIpc) is 3.19. The fourth-order valence-corrected chi connectivity index (χ4v) is 10.8. The second-order valence-corrected chi connectivity index (χ2v) is 22.1. The normalized spacial score (nSPS) is 30.6. The van der Waals surface area contributed by atoms with Gasteiger partial charge < -0.3 is 42.6 Å². The summed E-state index contributed by atoms with van der Waals surface area (Å²) < 4.78 is 52.2. The maximum absolute atomic E-state index is 15.6. The summed E-state index contributed by atoms with van der Waals surface area (Å²) in [6, 6.07) is 4.96. The molecule has 1 N–H and O–H groups in total. The molecule has 11 atom stereocenters. The highest BCUT2D eigenvalue weighted by Crippen LogP contribution is 2.64. The summed E-state index contributed by atoms with van der Waals surface area (Å²) in [5.41, 5.74) is -3.40. The van der Waals surface area contributed by atoms with Crippen LogP contribution in [-0.2, 0) is 52.3 Å². The van der Waals surface area contributed by atoms with Crippen molar-refractivity contribution in [1.82, 2.24) is 5.32 Å². The molecule has 15 nitrogen and oxygen atoms in total. The van der Waals surface area contributed by atoms with Gasteiger partial charge in [-0.3, -0.25) is 14.9 Å². The SMILES string of the molecule is COc1ccc(C(NC(=O)OC(C)(C)C)O[C@H](CCC(C)C)C(=O)O[C@@H]2C(C)=C3[C@@H](OC(C)=O)C(=O)[C@@]4(C)C(CC(OC)([C@H]2C)C3(C)C)[C@@H]2CO[C@@H]2C[C@@H]4OC(=O)C(Cl)(Cl)Cl)c(OC)c1. The van der Waals surface area contributed by atoms with Gasteiger partial charge in [0.1, 0.15) is 29.3 Å². The van der Waals surface area contributed by atoms with Crippen LogP contribution in [0.15, 0.2) is 29.3 Å². The lowest BCUT2D eigenvalue weighted by molar-refractivity contribution is -0.258. The number of carbonyl (C=O) groups excluding carboxylic acids is 5. The van der Waals surface area contributed by atoms with E-state index >= 15 is 4.79 Å². The number of alkyl carbamates (subject to hydrolysis) is 1. The maximum Gasteiger partial charge on any atom is 0.409 e. The molecule has 1 aromatic rings. The number of alkyl halides is 3. The van der Waals surface area contributed by atoms with Crippen molar-refractivity contribution in [2.45, 2.75) is 154 Å². The topological polar surface area (TPSA) is 180 Å². The molecule has 1 aromatic carbocycles. The van der Waals surface area contributed by atoms with E-state index in [0.717, 1.165) is 0 Å². The summed E-state index contributed by atoms with van der Waals surface area (Å²) in [5, 5.41) is 2.77. The molecular formula is C47H66Cl3NO14. The molecule has 3 fully saturated rings. The molecule has 3 aliphatic carbocycles. The zero-order chi connectivity index (χ0) is 48.8. The van der Waals surface area contributed by atoms with Crippen LogP contribution in [-0.4, -0.2) is 103 Å². The lowest BCUT2D eigenvalue weighted by Gasteiger charge is -2.65. The summed E-state index contributed by atoms with van der Waals surface area (Å²) in [4.78, 5) is 70.2. The Bertz CT molecular complexity index is 2010. The average molecular weight is 975 g/mol. The monoisotopic (exact) mass is 973 g/mol. The molecule has 65 heavy (non-hydrogen) atoms. The minimum atomic E-state index is -2.44. The number of rotatable bonds is 14. The third kappa shape index (κ3) is 10.4. The van der Waals surface area contributed by atoms with Crippen LogP contribution in [0, 0.1) is 34.5 Å². The molecular weight excluding hydrogens is 909 g/mol. The lowest BCUT2D eigenvalue weighted by Crippen LogP contribution is -2.71. The van der Waals surface area contributed by atoms with Crippen LogP contribution >= 0.6 is 34.8 Å². The van der Waals surface area contributed by atoms with Gasteiger partial charge in [-0.15, -0.1) is 0 Å². The Balaban J connectivity index is 1.65. The highest BCUT2D eigenvalue weighted by molar-refractivity contribution is 6.75. The van der Waals surface area contributed by atoms with Crippen molar-refractivity contribution < 1.29 is 66.6 Å². The lowest BCUT2D eigenvalue weighted by atomic mass is 9.45. The second-order valence-electron chi connectivity index (χ2n) is 19.8. The van der Waals surface area contributed by atoms with E-state index in [1.807, 2.05) is 34.6 Å². The molecule has 1 heterocycles. The number of methoxy groups -OCH3 is 3. The van der Waals surface area contributed by atoms with Gasteiger partial charge in [0.25, 0.3) is 3.79 Å². The summed E-state index contributed by atoms with van der Waals surface area (Å²) in [7, 11) is 4.54. The van der Waals surface area contributed by atoms with E-state index in [1.165, 1.54) is 21.1 Å². The Labute approximate surface area is 397 Å². The molecule has 0 radical (unpaired) electrons. The molecule has 2 saturated carbocycles. The maximum atomic E-state index is 15.6. The number of nitrogens with one attached hydrogen (secondary N) is 1. The Kier molecular flexibility index (Phi) is 16.0. The molecule has 2 bridgehead atoms. The first kappa shape index (κ1) is 52.6. The number of carbonyl (C=O) groups is 5. The molecule has 18 heteroatoms. The number of halogens is 3. The minimum absolute atomic E-state index is 0.129. The number of hydrogen-bond acceptors (Lipinski definition) is 14.